The summed E-state index contributed by atoms with van der Waals surface area (Å²) in [5, 5.41) is 0. The van der Waals surface area contributed by atoms with Crippen LogP contribution in [0.1, 0.15) is 5.56 Å². The predicted molar refractivity (Wildman–Crippen MR) is 86.7 cm³/mol. The fourth-order valence-corrected chi connectivity index (χ4v) is 5.31. The third-order valence-corrected chi connectivity index (χ3v) is 7.13. The van der Waals surface area contributed by atoms with E-state index in [1.54, 1.807) is 18.2 Å². The molecular weight excluding hydrogens is 449 g/mol. The first-order valence-electron chi connectivity index (χ1n) is 4.93. The molecule has 0 radical (unpaired) electrons. The molecule has 1 aromatic heterocycles. The van der Waals surface area contributed by atoms with Gasteiger partial charge in [0.15, 0.2) is 0 Å². The van der Waals surface area contributed by atoms with Crippen molar-refractivity contribution in [3.8, 4) is 0 Å². The molecule has 0 spiro atoms. The summed E-state index contributed by atoms with van der Waals surface area (Å²) in [6, 6.07) is 8.93. The Morgan fingerprint density at radius 1 is 1.33 bits per heavy atom. The normalized spacial score (nSPS) is 11.5. The molecule has 1 N–H and O–H groups in total. The lowest BCUT2D eigenvalue weighted by Crippen LogP contribution is -2.12. The van der Waals surface area contributed by atoms with Crippen molar-refractivity contribution in [3.63, 3.8) is 0 Å². The zero-order valence-electron chi connectivity index (χ0n) is 9.28. The van der Waals surface area contributed by atoms with E-state index in [-0.39, 0.29) is 0 Å². The van der Waals surface area contributed by atoms with Gasteiger partial charge in [0.2, 0.25) is 0 Å². The summed E-state index contributed by atoms with van der Waals surface area (Å²) in [6.45, 7) is 1.87. The molecule has 0 amide bonds. The monoisotopic (exact) mass is 457 g/mol. The predicted octanol–water partition coefficient (Wildman–Crippen LogP) is 4.22. The summed E-state index contributed by atoms with van der Waals surface area (Å²) in [7, 11) is -3.50. The molecule has 2 rings (SSSR count). The topological polar surface area (TPSA) is 46.2 Å². The summed E-state index contributed by atoms with van der Waals surface area (Å²) < 4.78 is 29.0. The Hall–Kier alpha value is -0.120. The van der Waals surface area contributed by atoms with Crippen molar-refractivity contribution in [1.82, 2.24) is 0 Å². The van der Waals surface area contributed by atoms with Crippen LogP contribution in [0.5, 0.6) is 0 Å². The molecule has 1 aromatic carbocycles. The maximum absolute atomic E-state index is 12.2. The van der Waals surface area contributed by atoms with Crippen molar-refractivity contribution in [2.24, 2.45) is 0 Å². The van der Waals surface area contributed by atoms with Crippen LogP contribution in [0.15, 0.2) is 38.3 Å². The van der Waals surface area contributed by atoms with Crippen molar-refractivity contribution < 1.29 is 8.42 Å². The lowest BCUT2D eigenvalue weighted by molar-refractivity contribution is 0.603. The van der Waals surface area contributed by atoms with Gasteiger partial charge in [-0.1, -0.05) is 12.1 Å². The zero-order valence-corrected chi connectivity index (χ0v) is 14.7. The fraction of sp³-hybridized carbons (Fsp3) is 0.0909. The number of anilines is 1. The van der Waals surface area contributed by atoms with Gasteiger partial charge in [-0.2, -0.15) is 0 Å². The second-order valence-electron chi connectivity index (χ2n) is 3.61. The van der Waals surface area contributed by atoms with Crippen molar-refractivity contribution >= 4 is 65.6 Å². The van der Waals surface area contributed by atoms with E-state index in [0.717, 1.165) is 12.9 Å². The third kappa shape index (κ3) is 3.06. The van der Waals surface area contributed by atoms with E-state index in [9.17, 15) is 8.42 Å². The first-order valence-corrected chi connectivity index (χ1v) is 9.10. The highest BCUT2D eigenvalue weighted by atomic mass is 127. The Morgan fingerprint density at radius 3 is 2.56 bits per heavy atom. The minimum Gasteiger partial charge on any atom is -0.278 e. The Kier molecular flexibility index (Phi) is 4.35. The molecular formula is C11H9BrINO2S2. The second-order valence-corrected chi connectivity index (χ2v) is 9.05. The van der Waals surface area contributed by atoms with Crippen molar-refractivity contribution in [2.45, 2.75) is 11.1 Å². The van der Waals surface area contributed by atoms with E-state index in [1.165, 1.54) is 11.3 Å². The van der Waals surface area contributed by atoms with Crippen LogP contribution < -0.4 is 4.72 Å². The maximum Gasteiger partial charge on any atom is 0.271 e. The van der Waals surface area contributed by atoms with Gasteiger partial charge >= 0.3 is 0 Å². The Balaban J connectivity index is 2.36. The highest BCUT2D eigenvalue weighted by Crippen LogP contribution is 2.32. The summed E-state index contributed by atoms with van der Waals surface area (Å²) in [4.78, 5) is 0. The minimum absolute atomic E-state index is 0.312. The average molecular weight is 458 g/mol. The third-order valence-electron chi connectivity index (χ3n) is 2.22. The molecule has 0 unspecified atom stereocenters. The molecule has 2 aromatic rings. The molecule has 0 aliphatic rings. The van der Waals surface area contributed by atoms with E-state index >= 15 is 0 Å². The number of thiophene rings is 1. The number of benzene rings is 1. The van der Waals surface area contributed by atoms with Gasteiger partial charge in [-0.05, 0) is 69.2 Å². The molecule has 0 saturated heterocycles. The molecule has 0 atom stereocenters. The molecule has 0 aliphatic heterocycles. The van der Waals surface area contributed by atoms with E-state index in [0.29, 0.717) is 9.90 Å². The van der Waals surface area contributed by atoms with Crippen molar-refractivity contribution in [2.75, 3.05) is 4.72 Å². The first kappa shape index (κ1) is 14.3. The molecule has 7 heteroatoms. The molecule has 0 saturated carbocycles. The van der Waals surface area contributed by atoms with Gasteiger partial charge in [0.1, 0.15) is 4.21 Å². The Bertz CT molecular complexity index is 663. The van der Waals surface area contributed by atoms with Crippen LogP contribution in [0.4, 0.5) is 5.69 Å². The lowest BCUT2D eigenvalue weighted by atomic mass is 10.3. The van der Waals surface area contributed by atoms with Gasteiger partial charge in [-0.25, -0.2) is 8.42 Å². The summed E-state index contributed by atoms with van der Waals surface area (Å²) in [5.41, 5.74) is 1.52. The highest BCUT2D eigenvalue weighted by molar-refractivity contribution is 14.1. The maximum atomic E-state index is 12.2. The van der Waals surface area contributed by atoms with Crippen LogP contribution >= 0.6 is 49.9 Å². The number of aryl methyl sites for hydroxylation is 1. The quantitative estimate of drug-likeness (QED) is 0.701. The standard InChI is InChI=1S/C11H9BrINO2S2/c1-7-6-10(17-11(7)12)18(15,16)14-9-5-3-2-4-8(9)13/h2-6,14H,1H3. The summed E-state index contributed by atoms with van der Waals surface area (Å²) in [5.74, 6) is 0. The van der Waals surface area contributed by atoms with E-state index < -0.39 is 10.0 Å². The van der Waals surface area contributed by atoms with Crippen LogP contribution in [-0.2, 0) is 10.0 Å². The summed E-state index contributed by atoms with van der Waals surface area (Å²) >= 11 is 6.64. The van der Waals surface area contributed by atoms with Gasteiger partial charge in [-0.15, -0.1) is 11.3 Å². The van der Waals surface area contributed by atoms with Gasteiger partial charge in [-0.3, -0.25) is 4.72 Å². The SMILES string of the molecule is Cc1cc(S(=O)(=O)Nc2ccccc2I)sc1Br. The molecule has 0 fully saturated rings. The van der Waals surface area contributed by atoms with Crippen molar-refractivity contribution in [3.05, 3.63) is 43.3 Å². The molecule has 3 nitrogen and oxygen atoms in total. The second kappa shape index (κ2) is 5.48. The molecule has 18 heavy (non-hydrogen) atoms. The van der Waals surface area contributed by atoms with E-state index in [1.807, 2.05) is 19.1 Å². The fourth-order valence-electron chi connectivity index (χ4n) is 1.30. The van der Waals surface area contributed by atoms with Crippen molar-refractivity contribution in [1.29, 1.82) is 0 Å². The number of rotatable bonds is 3. The Labute approximate surface area is 132 Å². The molecule has 0 aliphatic carbocycles. The number of halogens is 2. The lowest BCUT2D eigenvalue weighted by Gasteiger charge is -2.07. The number of nitrogens with one attached hydrogen (secondary N) is 1. The zero-order chi connectivity index (χ0) is 13.3. The molecule has 96 valence electrons. The largest absolute Gasteiger partial charge is 0.278 e. The van der Waals surface area contributed by atoms with Gasteiger partial charge in [0, 0.05) is 3.57 Å². The molecule has 1 heterocycles. The van der Waals surface area contributed by atoms with Crippen LogP contribution in [0.2, 0.25) is 0 Å². The van der Waals surface area contributed by atoms with Gasteiger partial charge in [0.05, 0.1) is 9.47 Å². The van der Waals surface area contributed by atoms with E-state index in [2.05, 4.69) is 43.2 Å². The number of sulfonamides is 1. The van der Waals surface area contributed by atoms with Gasteiger partial charge < -0.3 is 0 Å². The first-order chi connectivity index (χ1) is 8.40. The van der Waals surface area contributed by atoms with Crippen LogP contribution in [-0.4, -0.2) is 8.42 Å². The number of para-hydroxylation sites is 1. The Morgan fingerprint density at radius 2 is 2.00 bits per heavy atom. The highest BCUT2D eigenvalue weighted by Gasteiger charge is 2.19. The molecule has 0 bridgehead atoms. The number of hydrogen-bond donors (Lipinski definition) is 1. The van der Waals surface area contributed by atoms with Crippen LogP contribution in [0.25, 0.3) is 0 Å². The summed E-state index contributed by atoms with van der Waals surface area (Å²) in [6.07, 6.45) is 0. The van der Waals surface area contributed by atoms with E-state index in [4.69, 9.17) is 0 Å². The minimum atomic E-state index is -3.50. The van der Waals surface area contributed by atoms with Crippen LogP contribution in [0, 0.1) is 10.5 Å². The smallest absolute Gasteiger partial charge is 0.271 e. The van der Waals surface area contributed by atoms with Gasteiger partial charge in [0.25, 0.3) is 10.0 Å². The number of hydrogen-bond acceptors (Lipinski definition) is 3. The van der Waals surface area contributed by atoms with Crippen LogP contribution in [0.3, 0.4) is 0 Å². The average Bonchev–Trinajstić information content (AvgIpc) is 2.63.